The lowest BCUT2D eigenvalue weighted by atomic mass is 10.1. The Balaban J connectivity index is 2.92. The summed E-state index contributed by atoms with van der Waals surface area (Å²) in [6, 6.07) is 7.70. The Hall–Kier alpha value is -2.08. The van der Waals surface area contributed by atoms with Gasteiger partial charge in [0.05, 0.1) is 16.8 Å². The van der Waals surface area contributed by atoms with E-state index in [1.165, 1.54) is 0 Å². The maximum Gasteiger partial charge on any atom is 0.101 e. The van der Waals surface area contributed by atoms with Gasteiger partial charge in [-0.3, -0.25) is 4.98 Å². The topological polar surface area (TPSA) is 62.7 Å². The highest BCUT2D eigenvalue weighted by atomic mass is 14.7. The van der Waals surface area contributed by atoms with Crippen LogP contribution in [0.5, 0.6) is 0 Å². The molecular formula is C11H9N3. The number of benzene rings is 1. The lowest BCUT2D eigenvalue weighted by molar-refractivity contribution is 1.32. The number of rotatable bonds is 0. The Kier molecular flexibility index (Phi) is 1.83. The number of para-hydroxylation sites is 1. The van der Waals surface area contributed by atoms with Crippen molar-refractivity contribution in [2.45, 2.75) is 6.92 Å². The Morgan fingerprint density at radius 2 is 2.21 bits per heavy atom. The summed E-state index contributed by atoms with van der Waals surface area (Å²) >= 11 is 0. The highest BCUT2D eigenvalue weighted by Crippen LogP contribution is 2.23. The van der Waals surface area contributed by atoms with Crippen molar-refractivity contribution >= 4 is 16.6 Å². The summed E-state index contributed by atoms with van der Waals surface area (Å²) in [6.45, 7) is 1.90. The van der Waals surface area contributed by atoms with E-state index < -0.39 is 0 Å². The Morgan fingerprint density at radius 3 is 2.93 bits per heavy atom. The molecule has 0 amide bonds. The van der Waals surface area contributed by atoms with Crippen LogP contribution in [-0.2, 0) is 0 Å². The molecule has 0 spiro atoms. The van der Waals surface area contributed by atoms with Gasteiger partial charge < -0.3 is 5.73 Å². The molecule has 0 saturated carbocycles. The fourth-order valence-electron chi connectivity index (χ4n) is 1.49. The molecule has 1 aromatic heterocycles. The van der Waals surface area contributed by atoms with Gasteiger partial charge in [0, 0.05) is 11.6 Å². The molecule has 0 atom stereocenters. The molecule has 0 aliphatic heterocycles. The number of nitrogens with zero attached hydrogens (tertiary/aromatic N) is 2. The summed E-state index contributed by atoms with van der Waals surface area (Å²) in [7, 11) is 0. The van der Waals surface area contributed by atoms with Gasteiger partial charge in [0.15, 0.2) is 0 Å². The molecule has 68 valence electrons. The highest BCUT2D eigenvalue weighted by molar-refractivity contribution is 5.92. The van der Waals surface area contributed by atoms with Gasteiger partial charge in [-0.25, -0.2) is 0 Å². The van der Waals surface area contributed by atoms with Crippen LogP contribution >= 0.6 is 0 Å². The molecule has 1 aromatic carbocycles. The fourth-order valence-corrected chi connectivity index (χ4v) is 1.49. The molecule has 3 heteroatoms. The molecule has 0 saturated heterocycles. The minimum atomic E-state index is 0.600. The number of nitrogens with two attached hydrogens (primary N) is 1. The summed E-state index contributed by atoms with van der Waals surface area (Å²) in [4.78, 5) is 4.16. The molecule has 2 rings (SSSR count). The molecule has 2 aromatic rings. The molecule has 0 fully saturated rings. The predicted octanol–water partition coefficient (Wildman–Crippen LogP) is 2.00. The van der Waals surface area contributed by atoms with E-state index in [-0.39, 0.29) is 0 Å². The van der Waals surface area contributed by atoms with Gasteiger partial charge in [-0.05, 0) is 18.6 Å². The summed E-state index contributed by atoms with van der Waals surface area (Å²) in [5.41, 5.74) is 8.72. The van der Waals surface area contributed by atoms with Crippen molar-refractivity contribution in [3.05, 3.63) is 35.5 Å². The van der Waals surface area contributed by atoms with Crippen LogP contribution in [-0.4, -0.2) is 4.98 Å². The molecule has 1 heterocycles. The van der Waals surface area contributed by atoms with Crippen molar-refractivity contribution < 1.29 is 0 Å². The predicted molar refractivity (Wildman–Crippen MR) is 55.6 cm³/mol. The quantitative estimate of drug-likeness (QED) is 0.635. The van der Waals surface area contributed by atoms with Gasteiger partial charge in [-0.15, -0.1) is 0 Å². The second kappa shape index (κ2) is 3.00. The third-order valence-corrected chi connectivity index (χ3v) is 2.32. The van der Waals surface area contributed by atoms with Crippen LogP contribution < -0.4 is 5.73 Å². The minimum absolute atomic E-state index is 0.600. The van der Waals surface area contributed by atoms with Gasteiger partial charge in [0.25, 0.3) is 0 Å². The first kappa shape index (κ1) is 8.52. The van der Waals surface area contributed by atoms with Gasteiger partial charge >= 0.3 is 0 Å². The second-order valence-corrected chi connectivity index (χ2v) is 3.15. The Morgan fingerprint density at radius 1 is 1.43 bits per heavy atom. The molecule has 0 unspecified atom stereocenters. The van der Waals surface area contributed by atoms with Crippen molar-refractivity contribution in [1.29, 1.82) is 5.26 Å². The van der Waals surface area contributed by atoms with Gasteiger partial charge in [0.2, 0.25) is 0 Å². The fraction of sp³-hybridized carbons (Fsp3) is 0.0909. The summed E-state index contributed by atoms with van der Waals surface area (Å²) < 4.78 is 0. The number of nitrogen functional groups attached to an aromatic ring is 1. The smallest absolute Gasteiger partial charge is 0.101 e. The second-order valence-electron chi connectivity index (χ2n) is 3.15. The van der Waals surface area contributed by atoms with Crippen molar-refractivity contribution in [3.63, 3.8) is 0 Å². The number of nitriles is 1. The van der Waals surface area contributed by atoms with E-state index in [9.17, 15) is 0 Å². The van der Waals surface area contributed by atoms with Gasteiger partial charge in [0.1, 0.15) is 6.07 Å². The van der Waals surface area contributed by atoms with E-state index in [1.807, 2.05) is 19.1 Å². The van der Waals surface area contributed by atoms with Gasteiger partial charge in [-0.1, -0.05) is 12.1 Å². The molecule has 0 bridgehead atoms. The van der Waals surface area contributed by atoms with E-state index >= 15 is 0 Å². The van der Waals surface area contributed by atoms with E-state index in [4.69, 9.17) is 11.0 Å². The standard InChI is InChI=1S/C11H9N3/c1-7-8(5-12)6-14-11-9(7)3-2-4-10(11)13/h2-4,6H,13H2,1H3. The van der Waals surface area contributed by atoms with E-state index in [1.54, 1.807) is 12.3 Å². The first-order chi connectivity index (χ1) is 6.74. The maximum absolute atomic E-state index is 8.83. The lowest BCUT2D eigenvalue weighted by Crippen LogP contribution is -1.93. The van der Waals surface area contributed by atoms with Crippen LogP contribution in [0.4, 0.5) is 5.69 Å². The number of fused-ring (bicyclic) bond motifs is 1. The number of aryl methyl sites for hydroxylation is 1. The maximum atomic E-state index is 8.83. The number of anilines is 1. The molecule has 0 aliphatic carbocycles. The summed E-state index contributed by atoms with van der Waals surface area (Å²) in [5.74, 6) is 0. The van der Waals surface area contributed by atoms with E-state index in [0.29, 0.717) is 11.3 Å². The van der Waals surface area contributed by atoms with Crippen LogP contribution in [0.2, 0.25) is 0 Å². The van der Waals surface area contributed by atoms with Crippen LogP contribution in [0.25, 0.3) is 10.9 Å². The number of hydrogen-bond donors (Lipinski definition) is 1. The van der Waals surface area contributed by atoms with Crippen molar-refractivity contribution in [3.8, 4) is 6.07 Å². The SMILES string of the molecule is Cc1c(C#N)cnc2c(N)cccc12. The zero-order chi connectivity index (χ0) is 10.1. The first-order valence-electron chi connectivity index (χ1n) is 4.28. The normalized spacial score (nSPS) is 10.0. The number of pyridine rings is 1. The van der Waals surface area contributed by atoms with E-state index in [0.717, 1.165) is 16.5 Å². The third kappa shape index (κ3) is 1.09. The van der Waals surface area contributed by atoms with Crippen molar-refractivity contribution in [2.75, 3.05) is 5.73 Å². The van der Waals surface area contributed by atoms with Crippen molar-refractivity contribution in [2.24, 2.45) is 0 Å². The Bertz CT molecular complexity index is 538. The number of aromatic nitrogens is 1. The van der Waals surface area contributed by atoms with Crippen molar-refractivity contribution in [1.82, 2.24) is 4.98 Å². The van der Waals surface area contributed by atoms with Gasteiger partial charge in [-0.2, -0.15) is 5.26 Å². The monoisotopic (exact) mass is 183 g/mol. The van der Waals surface area contributed by atoms with E-state index in [2.05, 4.69) is 11.1 Å². The zero-order valence-electron chi connectivity index (χ0n) is 7.78. The highest BCUT2D eigenvalue weighted by Gasteiger charge is 2.05. The molecular weight excluding hydrogens is 174 g/mol. The zero-order valence-corrected chi connectivity index (χ0v) is 7.78. The lowest BCUT2D eigenvalue weighted by Gasteiger charge is -2.04. The number of hydrogen-bond acceptors (Lipinski definition) is 3. The molecule has 2 N–H and O–H groups in total. The largest absolute Gasteiger partial charge is 0.397 e. The average Bonchev–Trinajstić information content (AvgIpc) is 2.20. The molecule has 14 heavy (non-hydrogen) atoms. The van der Waals surface area contributed by atoms with Crippen LogP contribution in [0.15, 0.2) is 24.4 Å². The first-order valence-corrected chi connectivity index (χ1v) is 4.28. The van der Waals surface area contributed by atoms with Crippen LogP contribution in [0.3, 0.4) is 0 Å². The molecule has 0 aliphatic rings. The molecule has 3 nitrogen and oxygen atoms in total. The summed E-state index contributed by atoms with van der Waals surface area (Å²) in [6.07, 6.45) is 1.56. The third-order valence-electron chi connectivity index (χ3n) is 2.32. The van der Waals surface area contributed by atoms with Crippen LogP contribution in [0, 0.1) is 18.3 Å². The minimum Gasteiger partial charge on any atom is -0.397 e. The van der Waals surface area contributed by atoms with Crippen LogP contribution in [0.1, 0.15) is 11.1 Å². The summed E-state index contributed by atoms with van der Waals surface area (Å²) in [5, 5.41) is 9.77. The average molecular weight is 183 g/mol. The Labute approximate surface area is 81.8 Å². The molecule has 0 radical (unpaired) electrons.